The molecule has 1 atom stereocenters. The van der Waals surface area contributed by atoms with Crippen molar-refractivity contribution in [3.63, 3.8) is 0 Å². The Morgan fingerprint density at radius 3 is 2.58 bits per heavy atom. The Hall–Kier alpha value is -1.39. The fourth-order valence-corrected chi connectivity index (χ4v) is 3.93. The molecule has 0 bridgehead atoms. The maximum absolute atomic E-state index is 11.6. The highest BCUT2D eigenvalue weighted by Crippen LogP contribution is 2.30. The van der Waals surface area contributed by atoms with E-state index in [1.807, 2.05) is 11.9 Å². The smallest absolute Gasteiger partial charge is 0.248 e. The van der Waals surface area contributed by atoms with E-state index in [0.29, 0.717) is 5.92 Å². The Balaban J connectivity index is 1.41. The van der Waals surface area contributed by atoms with Gasteiger partial charge in [-0.25, -0.2) is 0 Å². The molecule has 0 radical (unpaired) electrons. The van der Waals surface area contributed by atoms with Gasteiger partial charge in [-0.05, 0) is 37.2 Å². The number of piperidine rings is 1. The van der Waals surface area contributed by atoms with Crippen LogP contribution in [0, 0.1) is 5.92 Å². The number of nitrogens with zero attached hydrogens (tertiary/aromatic N) is 2. The molecule has 0 N–H and O–H groups in total. The van der Waals surface area contributed by atoms with E-state index < -0.39 is 0 Å². The zero-order valence-electron chi connectivity index (χ0n) is 15.0. The second-order valence-electron chi connectivity index (χ2n) is 7.65. The SMILES string of the molecule is CC(CCc1ccccc1)CN1CCC2(CC1)CN(C)C(=O)CO2. The van der Waals surface area contributed by atoms with Crippen molar-refractivity contribution in [1.82, 2.24) is 9.80 Å². The Morgan fingerprint density at radius 2 is 1.92 bits per heavy atom. The van der Waals surface area contributed by atoms with Crippen LogP contribution >= 0.6 is 0 Å². The maximum Gasteiger partial charge on any atom is 0.248 e. The molecule has 1 unspecified atom stereocenters. The number of likely N-dealkylation sites (N-methyl/N-ethyl adjacent to an activating group) is 1. The van der Waals surface area contributed by atoms with Crippen LogP contribution in [-0.2, 0) is 16.0 Å². The summed E-state index contributed by atoms with van der Waals surface area (Å²) in [5.41, 5.74) is 1.34. The van der Waals surface area contributed by atoms with Crippen molar-refractivity contribution < 1.29 is 9.53 Å². The summed E-state index contributed by atoms with van der Waals surface area (Å²) in [5, 5.41) is 0. The first-order chi connectivity index (χ1) is 11.6. The first-order valence-electron chi connectivity index (χ1n) is 9.20. The van der Waals surface area contributed by atoms with Gasteiger partial charge in [0, 0.05) is 33.2 Å². The van der Waals surface area contributed by atoms with E-state index in [1.165, 1.54) is 12.0 Å². The monoisotopic (exact) mass is 330 g/mol. The van der Waals surface area contributed by atoms with Gasteiger partial charge in [-0.3, -0.25) is 4.79 Å². The van der Waals surface area contributed by atoms with Crippen LogP contribution in [0.25, 0.3) is 0 Å². The summed E-state index contributed by atoms with van der Waals surface area (Å²) >= 11 is 0. The van der Waals surface area contributed by atoms with Crippen molar-refractivity contribution in [1.29, 1.82) is 0 Å². The number of aryl methyl sites for hydroxylation is 1. The van der Waals surface area contributed by atoms with E-state index in [9.17, 15) is 4.79 Å². The lowest BCUT2D eigenvalue weighted by atomic mass is 9.88. The van der Waals surface area contributed by atoms with Crippen molar-refractivity contribution in [2.45, 2.75) is 38.2 Å². The van der Waals surface area contributed by atoms with Gasteiger partial charge in [-0.1, -0.05) is 37.3 Å². The van der Waals surface area contributed by atoms with Gasteiger partial charge in [0.05, 0.1) is 5.60 Å². The summed E-state index contributed by atoms with van der Waals surface area (Å²) in [5.74, 6) is 0.813. The molecule has 2 aliphatic rings. The van der Waals surface area contributed by atoms with Crippen molar-refractivity contribution in [3.8, 4) is 0 Å². The lowest BCUT2D eigenvalue weighted by Gasteiger charge is -2.46. The van der Waals surface area contributed by atoms with E-state index in [4.69, 9.17) is 4.74 Å². The van der Waals surface area contributed by atoms with E-state index in [1.54, 1.807) is 0 Å². The lowest BCUT2D eigenvalue weighted by Crippen LogP contribution is -2.57. The second kappa shape index (κ2) is 7.66. The molecule has 1 aromatic rings. The van der Waals surface area contributed by atoms with Gasteiger partial charge >= 0.3 is 0 Å². The standard InChI is InChI=1S/C20H30N2O2/c1-17(8-9-18-6-4-3-5-7-18)14-22-12-10-20(11-13-22)16-21(2)19(23)15-24-20/h3-7,17H,8-16H2,1-2H3. The highest BCUT2D eigenvalue weighted by Gasteiger charge is 2.41. The molecule has 0 saturated carbocycles. The van der Waals surface area contributed by atoms with Gasteiger partial charge in [-0.2, -0.15) is 0 Å². The van der Waals surface area contributed by atoms with Crippen LogP contribution in [0.15, 0.2) is 30.3 Å². The average molecular weight is 330 g/mol. The molecule has 0 aromatic heterocycles. The minimum Gasteiger partial charge on any atom is -0.363 e. The summed E-state index contributed by atoms with van der Waals surface area (Å²) < 4.78 is 5.93. The number of likely N-dealkylation sites (tertiary alicyclic amines) is 1. The number of amides is 1. The van der Waals surface area contributed by atoms with E-state index >= 15 is 0 Å². The number of hydrogen-bond donors (Lipinski definition) is 0. The first-order valence-corrected chi connectivity index (χ1v) is 9.20. The zero-order chi connectivity index (χ0) is 17.0. The van der Waals surface area contributed by atoms with Crippen LogP contribution in [0.2, 0.25) is 0 Å². The van der Waals surface area contributed by atoms with E-state index in [0.717, 1.165) is 45.4 Å². The summed E-state index contributed by atoms with van der Waals surface area (Å²) in [6.45, 7) is 6.69. The molecule has 4 heteroatoms. The molecule has 0 aliphatic carbocycles. The van der Waals surface area contributed by atoms with E-state index in [-0.39, 0.29) is 18.1 Å². The Kier molecular flexibility index (Phi) is 5.57. The minimum absolute atomic E-state index is 0.0908. The van der Waals surface area contributed by atoms with Gasteiger partial charge in [0.1, 0.15) is 6.61 Å². The Morgan fingerprint density at radius 1 is 1.21 bits per heavy atom. The number of morpholine rings is 1. The van der Waals surface area contributed by atoms with Gasteiger partial charge in [-0.15, -0.1) is 0 Å². The normalized spacial score (nSPS) is 22.8. The lowest BCUT2D eigenvalue weighted by molar-refractivity contribution is -0.169. The fraction of sp³-hybridized carbons (Fsp3) is 0.650. The summed E-state index contributed by atoms with van der Waals surface area (Å²) in [6.07, 6.45) is 4.47. The van der Waals surface area contributed by atoms with Crippen molar-refractivity contribution in [2.75, 3.05) is 39.8 Å². The van der Waals surface area contributed by atoms with Gasteiger partial charge < -0.3 is 14.5 Å². The fourth-order valence-electron chi connectivity index (χ4n) is 3.93. The predicted octanol–water partition coefficient (Wildman–Crippen LogP) is 2.58. The minimum atomic E-state index is -0.0908. The van der Waals surface area contributed by atoms with Crippen LogP contribution in [0.5, 0.6) is 0 Å². The van der Waals surface area contributed by atoms with Gasteiger partial charge in [0.15, 0.2) is 0 Å². The largest absolute Gasteiger partial charge is 0.363 e. The molecule has 2 saturated heterocycles. The molecule has 1 amide bonds. The molecule has 4 nitrogen and oxygen atoms in total. The van der Waals surface area contributed by atoms with Crippen LogP contribution < -0.4 is 0 Å². The summed E-state index contributed by atoms with van der Waals surface area (Å²) in [4.78, 5) is 16.0. The third-order valence-electron chi connectivity index (χ3n) is 5.56. The highest BCUT2D eigenvalue weighted by atomic mass is 16.5. The molecule has 1 spiro atoms. The van der Waals surface area contributed by atoms with Gasteiger partial charge in [0.25, 0.3) is 0 Å². The average Bonchev–Trinajstić information content (AvgIpc) is 2.60. The van der Waals surface area contributed by atoms with Crippen LogP contribution in [0.3, 0.4) is 0 Å². The van der Waals surface area contributed by atoms with Crippen molar-refractivity contribution in [2.24, 2.45) is 5.92 Å². The van der Waals surface area contributed by atoms with Crippen molar-refractivity contribution in [3.05, 3.63) is 35.9 Å². The van der Waals surface area contributed by atoms with E-state index in [2.05, 4.69) is 42.2 Å². The number of rotatable bonds is 5. The maximum atomic E-state index is 11.6. The molecule has 1 aromatic carbocycles. The summed E-state index contributed by atoms with van der Waals surface area (Å²) in [6, 6.07) is 10.8. The molecule has 2 fully saturated rings. The Bertz CT molecular complexity index is 538. The zero-order valence-corrected chi connectivity index (χ0v) is 15.0. The number of carbonyl (C=O) groups excluding carboxylic acids is 1. The highest BCUT2D eigenvalue weighted by molar-refractivity contribution is 5.78. The van der Waals surface area contributed by atoms with Crippen LogP contribution in [-0.4, -0.2) is 61.1 Å². The first kappa shape index (κ1) is 17.4. The quantitative estimate of drug-likeness (QED) is 0.832. The molecule has 3 rings (SSSR count). The number of ether oxygens (including phenoxy) is 1. The molecule has 2 heterocycles. The molecular formula is C20H30N2O2. The Labute approximate surface area is 145 Å². The molecule has 24 heavy (non-hydrogen) atoms. The molecule has 132 valence electrons. The predicted molar refractivity (Wildman–Crippen MR) is 95.9 cm³/mol. The van der Waals surface area contributed by atoms with Gasteiger partial charge in [0.2, 0.25) is 5.91 Å². The number of benzene rings is 1. The van der Waals surface area contributed by atoms with Crippen molar-refractivity contribution >= 4 is 5.91 Å². The second-order valence-corrected chi connectivity index (χ2v) is 7.65. The number of carbonyl (C=O) groups is 1. The third-order valence-corrected chi connectivity index (χ3v) is 5.56. The summed E-state index contributed by atoms with van der Waals surface area (Å²) in [7, 11) is 1.89. The molecule has 2 aliphatic heterocycles. The molecular weight excluding hydrogens is 300 g/mol. The number of hydrogen-bond acceptors (Lipinski definition) is 3. The van der Waals surface area contributed by atoms with Crippen LogP contribution in [0.1, 0.15) is 31.7 Å². The topological polar surface area (TPSA) is 32.8 Å². The van der Waals surface area contributed by atoms with Crippen LogP contribution in [0.4, 0.5) is 0 Å². The third kappa shape index (κ3) is 4.37.